The second-order valence-electron chi connectivity index (χ2n) is 3.97. The van der Waals surface area contributed by atoms with Gasteiger partial charge in [0.2, 0.25) is 10.0 Å². The van der Waals surface area contributed by atoms with Crippen molar-refractivity contribution in [3.05, 3.63) is 23.2 Å². The number of carbonyl (C=O) groups excluding carboxylic acids is 1. The number of thiophene rings is 1. The molecule has 0 atom stereocenters. The number of nitrogen functional groups attached to an aromatic ring is 1. The van der Waals surface area contributed by atoms with Gasteiger partial charge >= 0.3 is 0 Å². The summed E-state index contributed by atoms with van der Waals surface area (Å²) in [6.45, 7) is 0.0170. The van der Waals surface area contributed by atoms with Gasteiger partial charge in [-0.3, -0.25) is 9.78 Å². The minimum absolute atomic E-state index is 0.0170. The minimum Gasteiger partial charge on any atom is -0.396 e. The monoisotopic (exact) mass is 314 g/mol. The third-order valence-electron chi connectivity index (χ3n) is 2.66. The summed E-state index contributed by atoms with van der Waals surface area (Å²) in [6.07, 6.45) is 1.60. The summed E-state index contributed by atoms with van der Waals surface area (Å²) in [5, 5.41) is 2.54. The van der Waals surface area contributed by atoms with E-state index in [1.165, 1.54) is 18.4 Å². The predicted octanol–water partition coefficient (Wildman–Crippen LogP) is 0.157. The van der Waals surface area contributed by atoms with E-state index >= 15 is 0 Å². The molecule has 0 aromatic carbocycles. The van der Waals surface area contributed by atoms with Crippen molar-refractivity contribution in [1.29, 1.82) is 0 Å². The Morgan fingerprint density at radius 2 is 2.25 bits per heavy atom. The van der Waals surface area contributed by atoms with Crippen LogP contribution in [0.3, 0.4) is 0 Å². The summed E-state index contributed by atoms with van der Waals surface area (Å²) >= 11 is 1.23. The van der Waals surface area contributed by atoms with Crippen LogP contribution in [0.1, 0.15) is 9.67 Å². The van der Waals surface area contributed by atoms with Crippen LogP contribution < -0.4 is 15.8 Å². The number of rotatable bonds is 5. The van der Waals surface area contributed by atoms with Crippen molar-refractivity contribution in [2.45, 2.75) is 0 Å². The number of carbonyl (C=O) groups is 1. The molecule has 2 heterocycles. The highest BCUT2D eigenvalue weighted by Crippen LogP contribution is 2.31. The van der Waals surface area contributed by atoms with Crippen molar-refractivity contribution in [2.24, 2.45) is 0 Å². The van der Waals surface area contributed by atoms with Crippen LogP contribution in [0.25, 0.3) is 10.2 Å². The lowest BCUT2D eigenvalue weighted by molar-refractivity contribution is 0.0961. The second kappa shape index (κ2) is 5.73. The molecule has 2 aromatic rings. The zero-order valence-corrected chi connectivity index (χ0v) is 12.3. The molecule has 0 unspecified atom stereocenters. The topological polar surface area (TPSA) is 114 Å². The number of aromatic nitrogens is 1. The molecule has 0 aliphatic heterocycles. The average Bonchev–Trinajstić information content (AvgIpc) is 2.76. The van der Waals surface area contributed by atoms with Crippen LogP contribution in [-0.4, -0.2) is 38.7 Å². The maximum atomic E-state index is 12.0. The largest absolute Gasteiger partial charge is 0.396 e. The zero-order chi connectivity index (χ0) is 14.8. The molecule has 4 N–H and O–H groups in total. The van der Waals surface area contributed by atoms with Crippen molar-refractivity contribution < 1.29 is 13.2 Å². The van der Waals surface area contributed by atoms with Gasteiger partial charge in [-0.05, 0) is 19.2 Å². The number of sulfonamides is 1. The van der Waals surface area contributed by atoms with Gasteiger partial charge < -0.3 is 11.1 Å². The highest BCUT2D eigenvalue weighted by molar-refractivity contribution is 7.89. The van der Waals surface area contributed by atoms with Gasteiger partial charge in [0.05, 0.1) is 16.1 Å². The molecule has 1 amide bonds. The number of pyridine rings is 1. The van der Waals surface area contributed by atoms with Gasteiger partial charge in [-0.25, -0.2) is 13.1 Å². The summed E-state index contributed by atoms with van der Waals surface area (Å²) in [6, 6.07) is 3.59. The number of nitrogens with zero attached hydrogens (tertiary/aromatic N) is 1. The average molecular weight is 314 g/mol. The van der Waals surface area contributed by atoms with Crippen molar-refractivity contribution in [3.8, 4) is 0 Å². The Morgan fingerprint density at radius 3 is 2.90 bits per heavy atom. The Bertz CT molecular complexity index is 739. The van der Waals surface area contributed by atoms with Crippen LogP contribution in [0.2, 0.25) is 0 Å². The molecule has 0 spiro atoms. The summed E-state index contributed by atoms with van der Waals surface area (Å²) in [5.41, 5.74) is 6.79. The summed E-state index contributed by atoms with van der Waals surface area (Å²) in [4.78, 5) is 16.4. The van der Waals surface area contributed by atoms with Gasteiger partial charge in [0.15, 0.2) is 0 Å². The molecule has 9 heteroatoms. The molecule has 0 saturated heterocycles. The fraction of sp³-hybridized carbons (Fsp3) is 0.273. The van der Waals surface area contributed by atoms with Gasteiger partial charge in [0.1, 0.15) is 10.4 Å². The first-order valence-corrected chi connectivity index (χ1v) is 8.24. The van der Waals surface area contributed by atoms with E-state index in [0.29, 0.717) is 16.1 Å². The molecule has 2 aromatic heterocycles. The quantitative estimate of drug-likeness (QED) is 0.727. The van der Waals surface area contributed by atoms with Crippen LogP contribution in [-0.2, 0) is 10.0 Å². The first-order valence-electron chi connectivity index (χ1n) is 5.77. The number of fused-ring (bicyclic) bond motifs is 1. The maximum Gasteiger partial charge on any atom is 0.263 e. The van der Waals surface area contributed by atoms with E-state index in [0.717, 1.165) is 4.70 Å². The van der Waals surface area contributed by atoms with Crippen molar-refractivity contribution in [3.63, 3.8) is 0 Å². The fourth-order valence-electron chi connectivity index (χ4n) is 1.60. The number of hydrogen-bond acceptors (Lipinski definition) is 6. The van der Waals surface area contributed by atoms with Crippen LogP contribution in [0.4, 0.5) is 5.69 Å². The Morgan fingerprint density at radius 1 is 1.50 bits per heavy atom. The van der Waals surface area contributed by atoms with E-state index in [4.69, 9.17) is 5.73 Å². The van der Waals surface area contributed by atoms with E-state index in [1.807, 2.05) is 6.07 Å². The molecule has 0 bridgehead atoms. The predicted molar refractivity (Wildman–Crippen MR) is 79.2 cm³/mol. The first-order chi connectivity index (χ1) is 9.44. The van der Waals surface area contributed by atoms with Crippen LogP contribution >= 0.6 is 11.3 Å². The minimum atomic E-state index is -3.34. The standard InChI is InChI=1S/C11H14N4O3S2/c1-13-20(17,18)6-5-15-11(16)10-8(12)9-7(19-10)3-2-4-14-9/h2-4,13H,5-6,12H2,1H3,(H,15,16). The van der Waals surface area contributed by atoms with Gasteiger partial charge in [-0.2, -0.15) is 0 Å². The molecule has 0 aliphatic carbocycles. The lowest BCUT2D eigenvalue weighted by atomic mass is 10.3. The van der Waals surface area contributed by atoms with Gasteiger partial charge in [-0.1, -0.05) is 0 Å². The Labute approximate surface area is 120 Å². The van der Waals surface area contributed by atoms with Crippen LogP contribution in [0.15, 0.2) is 18.3 Å². The molecular formula is C11H14N4O3S2. The van der Waals surface area contributed by atoms with Gasteiger partial charge in [0, 0.05) is 12.7 Å². The Kier molecular flexibility index (Phi) is 4.21. The summed E-state index contributed by atoms with van der Waals surface area (Å²) in [5.74, 6) is -0.574. The SMILES string of the molecule is CNS(=O)(=O)CCNC(=O)c1sc2cccnc2c1N. The van der Waals surface area contributed by atoms with E-state index in [9.17, 15) is 13.2 Å². The Hall–Kier alpha value is -1.71. The zero-order valence-electron chi connectivity index (χ0n) is 10.7. The molecule has 20 heavy (non-hydrogen) atoms. The molecule has 2 rings (SSSR count). The molecule has 0 radical (unpaired) electrons. The van der Waals surface area contributed by atoms with Crippen LogP contribution in [0.5, 0.6) is 0 Å². The number of nitrogens with one attached hydrogen (secondary N) is 2. The number of nitrogens with two attached hydrogens (primary N) is 1. The molecule has 7 nitrogen and oxygen atoms in total. The van der Waals surface area contributed by atoms with E-state index in [2.05, 4.69) is 15.0 Å². The van der Waals surface area contributed by atoms with Crippen LogP contribution in [0, 0.1) is 0 Å². The van der Waals surface area contributed by atoms with Gasteiger partial charge in [0.25, 0.3) is 5.91 Å². The fourth-order valence-corrected chi connectivity index (χ4v) is 3.17. The highest BCUT2D eigenvalue weighted by atomic mass is 32.2. The number of amides is 1. The lowest BCUT2D eigenvalue weighted by Crippen LogP contribution is -2.32. The number of anilines is 1. The summed E-state index contributed by atoms with van der Waals surface area (Å²) < 4.78 is 25.5. The van der Waals surface area contributed by atoms with Gasteiger partial charge in [-0.15, -0.1) is 11.3 Å². The van der Waals surface area contributed by atoms with E-state index in [1.54, 1.807) is 12.3 Å². The molecule has 108 valence electrons. The molecule has 0 aliphatic rings. The number of hydrogen-bond donors (Lipinski definition) is 3. The Balaban J connectivity index is 2.10. The van der Waals surface area contributed by atoms with Crippen molar-refractivity contribution in [2.75, 3.05) is 25.1 Å². The molecular weight excluding hydrogens is 300 g/mol. The smallest absolute Gasteiger partial charge is 0.263 e. The van der Waals surface area contributed by atoms with Crippen molar-refractivity contribution >= 4 is 43.2 Å². The third-order valence-corrected chi connectivity index (χ3v) is 5.18. The first kappa shape index (κ1) is 14.7. The second-order valence-corrected chi connectivity index (χ2v) is 7.07. The highest BCUT2D eigenvalue weighted by Gasteiger charge is 2.17. The molecule has 0 saturated carbocycles. The van der Waals surface area contributed by atoms with E-state index in [-0.39, 0.29) is 12.3 Å². The van der Waals surface area contributed by atoms with Crippen molar-refractivity contribution in [1.82, 2.24) is 15.0 Å². The third kappa shape index (κ3) is 3.06. The summed E-state index contributed by atoms with van der Waals surface area (Å²) in [7, 11) is -2.01. The maximum absolute atomic E-state index is 12.0. The lowest BCUT2D eigenvalue weighted by Gasteiger charge is -2.04. The van der Waals surface area contributed by atoms with E-state index < -0.39 is 15.9 Å². The molecule has 0 fully saturated rings. The normalized spacial score (nSPS) is 11.7.